The molecule has 0 atom stereocenters. The van der Waals surface area contributed by atoms with Crippen LogP contribution in [-0.2, 0) is 13.0 Å². The van der Waals surface area contributed by atoms with Gasteiger partial charge < -0.3 is 14.9 Å². The van der Waals surface area contributed by atoms with E-state index in [-0.39, 0.29) is 0 Å². The van der Waals surface area contributed by atoms with Gasteiger partial charge in [-0.3, -0.25) is 0 Å². The standard InChI is InChI=1S/C10H11N3O3S/c14-10(15)8-2-1-7(17-8)5-11-4-3-9-12-6-13-16-9/h1-2,6,11H,3-5H2,(H,14,15). The highest BCUT2D eigenvalue weighted by Crippen LogP contribution is 2.15. The lowest BCUT2D eigenvalue weighted by Gasteiger charge is -1.99. The first-order valence-corrected chi connectivity index (χ1v) is 5.85. The summed E-state index contributed by atoms with van der Waals surface area (Å²) in [4.78, 5) is 15.9. The van der Waals surface area contributed by atoms with Crippen molar-refractivity contribution in [2.45, 2.75) is 13.0 Å². The first-order chi connectivity index (χ1) is 8.25. The van der Waals surface area contributed by atoms with Crippen LogP contribution < -0.4 is 5.32 Å². The van der Waals surface area contributed by atoms with Crippen LogP contribution in [0.5, 0.6) is 0 Å². The molecule has 2 rings (SSSR count). The smallest absolute Gasteiger partial charge is 0.345 e. The zero-order valence-electron chi connectivity index (χ0n) is 8.92. The van der Waals surface area contributed by atoms with E-state index in [1.54, 1.807) is 6.07 Å². The Kier molecular flexibility index (Phi) is 3.84. The fraction of sp³-hybridized carbons (Fsp3) is 0.300. The van der Waals surface area contributed by atoms with Gasteiger partial charge in [-0.05, 0) is 12.1 Å². The summed E-state index contributed by atoms with van der Waals surface area (Å²) in [6.07, 6.45) is 2.03. The number of carboxylic acid groups (broad SMARTS) is 1. The van der Waals surface area contributed by atoms with Gasteiger partial charge in [0.1, 0.15) is 4.88 Å². The number of aromatic carboxylic acids is 1. The third kappa shape index (κ3) is 3.36. The molecule has 2 aromatic rings. The molecule has 0 radical (unpaired) electrons. The molecule has 0 amide bonds. The monoisotopic (exact) mass is 253 g/mol. The number of carboxylic acids is 1. The third-order valence-corrected chi connectivity index (χ3v) is 3.17. The molecule has 0 spiro atoms. The van der Waals surface area contributed by atoms with Crippen LogP contribution in [0.3, 0.4) is 0 Å². The maximum absolute atomic E-state index is 10.7. The lowest BCUT2D eigenvalue weighted by atomic mass is 10.4. The van der Waals surface area contributed by atoms with Crippen molar-refractivity contribution in [1.82, 2.24) is 15.5 Å². The van der Waals surface area contributed by atoms with E-state index in [4.69, 9.17) is 9.63 Å². The van der Waals surface area contributed by atoms with Crippen molar-refractivity contribution in [2.24, 2.45) is 0 Å². The van der Waals surface area contributed by atoms with E-state index in [2.05, 4.69) is 15.5 Å². The molecular weight excluding hydrogens is 242 g/mol. The van der Waals surface area contributed by atoms with Gasteiger partial charge in [0.15, 0.2) is 6.33 Å². The quantitative estimate of drug-likeness (QED) is 0.751. The number of hydrogen-bond acceptors (Lipinski definition) is 6. The number of thiophene rings is 1. The molecule has 0 aliphatic heterocycles. The van der Waals surface area contributed by atoms with Crippen LogP contribution in [0.25, 0.3) is 0 Å². The summed E-state index contributed by atoms with van der Waals surface area (Å²) in [5.41, 5.74) is 0. The fourth-order valence-electron chi connectivity index (χ4n) is 1.30. The number of nitrogens with zero attached hydrogens (tertiary/aromatic N) is 2. The average molecular weight is 253 g/mol. The van der Waals surface area contributed by atoms with Gasteiger partial charge in [0.05, 0.1) is 0 Å². The van der Waals surface area contributed by atoms with E-state index in [9.17, 15) is 4.79 Å². The first kappa shape index (κ1) is 11.7. The molecule has 2 aromatic heterocycles. The van der Waals surface area contributed by atoms with E-state index in [0.717, 1.165) is 4.88 Å². The maximum atomic E-state index is 10.7. The topological polar surface area (TPSA) is 88.2 Å². The second-order valence-corrected chi connectivity index (χ2v) is 4.50. The van der Waals surface area contributed by atoms with Crippen LogP contribution in [0.15, 0.2) is 23.0 Å². The summed E-state index contributed by atoms with van der Waals surface area (Å²) in [6, 6.07) is 3.43. The van der Waals surface area contributed by atoms with Gasteiger partial charge in [-0.15, -0.1) is 11.3 Å². The second kappa shape index (κ2) is 5.55. The summed E-state index contributed by atoms with van der Waals surface area (Å²) in [6.45, 7) is 1.36. The van der Waals surface area contributed by atoms with Gasteiger partial charge in [-0.1, -0.05) is 5.16 Å². The van der Waals surface area contributed by atoms with E-state index in [0.29, 0.717) is 30.3 Å². The summed E-state index contributed by atoms with van der Waals surface area (Å²) in [5, 5.41) is 15.4. The Labute approximate surface area is 101 Å². The van der Waals surface area contributed by atoms with E-state index in [1.807, 2.05) is 6.07 Å². The highest BCUT2D eigenvalue weighted by molar-refractivity contribution is 7.13. The Hall–Kier alpha value is -1.73. The Morgan fingerprint density at radius 1 is 1.53 bits per heavy atom. The Balaban J connectivity index is 1.72. The predicted octanol–water partition coefficient (Wildman–Crippen LogP) is 1.16. The zero-order valence-corrected chi connectivity index (χ0v) is 9.74. The van der Waals surface area contributed by atoms with Crippen molar-refractivity contribution in [2.75, 3.05) is 6.54 Å². The van der Waals surface area contributed by atoms with Crippen LogP contribution in [0.1, 0.15) is 20.4 Å². The molecule has 0 aromatic carbocycles. The molecule has 0 saturated heterocycles. The van der Waals surface area contributed by atoms with E-state index >= 15 is 0 Å². The minimum Gasteiger partial charge on any atom is -0.477 e. The number of rotatable bonds is 6. The summed E-state index contributed by atoms with van der Waals surface area (Å²) < 4.78 is 4.85. The van der Waals surface area contributed by atoms with Crippen LogP contribution in [0, 0.1) is 0 Å². The van der Waals surface area contributed by atoms with Gasteiger partial charge in [0, 0.05) is 24.4 Å². The van der Waals surface area contributed by atoms with Gasteiger partial charge in [-0.25, -0.2) is 4.79 Å². The van der Waals surface area contributed by atoms with Gasteiger partial charge in [-0.2, -0.15) is 4.98 Å². The lowest BCUT2D eigenvalue weighted by Crippen LogP contribution is -2.16. The molecular formula is C10H11N3O3S. The SMILES string of the molecule is O=C(O)c1ccc(CNCCc2ncno2)s1. The molecule has 17 heavy (non-hydrogen) atoms. The summed E-state index contributed by atoms with van der Waals surface area (Å²) >= 11 is 1.28. The van der Waals surface area contributed by atoms with Crippen molar-refractivity contribution < 1.29 is 14.4 Å². The molecule has 0 fully saturated rings. The summed E-state index contributed by atoms with van der Waals surface area (Å²) in [5.74, 6) is -0.290. The molecule has 6 nitrogen and oxygen atoms in total. The maximum Gasteiger partial charge on any atom is 0.345 e. The molecule has 0 bridgehead atoms. The van der Waals surface area contributed by atoms with Gasteiger partial charge >= 0.3 is 5.97 Å². The van der Waals surface area contributed by atoms with Crippen LogP contribution >= 0.6 is 11.3 Å². The molecule has 2 heterocycles. The first-order valence-electron chi connectivity index (χ1n) is 5.04. The van der Waals surface area contributed by atoms with Crippen molar-refractivity contribution in [3.05, 3.63) is 34.1 Å². The largest absolute Gasteiger partial charge is 0.477 e. The van der Waals surface area contributed by atoms with E-state index in [1.165, 1.54) is 17.7 Å². The number of carbonyl (C=O) groups is 1. The fourth-order valence-corrected chi connectivity index (χ4v) is 2.12. The van der Waals surface area contributed by atoms with Crippen LogP contribution in [-0.4, -0.2) is 27.8 Å². The number of nitrogens with one attached hydrogen (secondary N) is 1. The Morgan fingerprint density at radius 2 is 2.41 bits per heavy atom. The molecule has 90 valence electrons. The van der Waals surface area contributed by atoms with Crippen molar-refractivity contribution in [3.8, 4) is 0 Å². The average Bonchev–Trinajstić information content (AvgIpc) is 2.96. The third-order valence-electron chi connectivity index (χ3n) is 2.09. The Morgan fingerprint density at radius 3 is 3.06 bits per heavy atom. The van der Waals surface area contributed by atoms with Crippen LogP contribution in [0.2, 0.25) is 0 Å². The minimum absolute atomic E-state index is 0.360. The zero-order chi connectivity index (χ0) is 12.1. The van der Waals surface area contributed by atoms with E-state index < -0.39 is 5.97 Å². The van der Waals surface area contributed by atoms with Crippen molar-refractivity contribution in [3.63, 3.8) is 0 Å². The van der Waals surface area contributed by atoms with Gasteiger partial charge in [0.25, 0.3) is 0 Å². The Bertz CT molecular complexity index is 481. The molecule has 0 aliphatic rings. The van der Waals surface area contributed by atoms with Crippen molar-refractivity contribution >= 4 is 17.3 Å². The molecule has 2 N–H and O–H groups in total. The van der Waals surface area contributed by atoms with Crippen molar-refractivity contribution in [1.29, 1.82) is 0 Å². The molecule has 0 unspecified atom stereocenters. The molecule has 0 saturated carbocycles. The predicted molar refractivity (Wildman–Crippen MR) is 61.0 cm³/mol. The molecule has 7 heteroatoms. The highest BCUT2D eigenvalue weighted by Gasteiger charge is 2.06. The molecule has 0 aliphatic carbocycles. The normalized spacial score (nSPS) is 10.6. The van der Waals surface area contributed by atoms with Crippen LogP contribution in [0.4, 0.5) is 0 Å². The second-order valence-electron chi connectivity index (χ2n) is 3.33. The van der Waals surface area contributed by atoms with Gasteiger partial charge in [0.2, 0.25) is 5.89 Å². The summed E-state index contributed by atoms with van der Waals surface area (Å²) in [7, 11) is 0. The number of hydrogen-bond donors (Lipinski definition) is 2. The minimum atomic E-state index is -0.882. The number of aromatic nitrogens is 2. The highest BCUT2D eigenvalue weighted by atomic mass is 32.1. The lowest BCUT2D eigenvalue weighted by molar-refractivity contribution is 0.0702.